The number of carbonyl (C=O) groups excluding carboxylic acids is 1. The van der Waals surface area contributed by atoms with Crippen molar-refractivity contribution in [1.82, 2.24) is 4.90 Å². The number of hydrogen-bond donors (Lipinski definition) is 1. The van der Waals surface area contributed by atoms with E-state index in [4.69, 9.17) is 5.11 Å². The summed E-state index contributed by atoms with van der Waals surface area (Å²) in [7, 11) is 0. The highest BCUT2D eigenvalue weighted by atomic mass is 19.4. The van der Waals surface area contributed by atoms with Crippen molar-refractivity contribution in [3.05, 3.63) is 0 Å². The summed E-state index contributed by atoms with van der Waals surface area (Å²) in [5, 5.41) is 8.83. The normalized spacial score (nSPS) is 24.5. The third kappa shape index (κ3) is 3.10. The molecule has 7 heteroatoms. The molecule has 1 aliphatic rings. The Hall–Kier alpha value is -1.27. The summed E-state index contributed by atoms with van der Waals surface area (Å²) in [5.41, 5.74) is -0.493. The number of halogens is 3. The predicted molar refractivity (Wildman–Crippen MR) is 52.2 cm³/mol. The van der Waals surface area contributed by atoms with Crippen molar-refractivity contribution < 1.29 is 27.9 Å². The Morgan fingerprint density at radius 3 is 2.29 bits per heavy atom. The van der Waals surface area contributed by atoms with Crippen LogP contribution in [0.2, 0.25) is 0 Å². The van der Waals surface area contributed by atoms with Gasteiger partial charge in [-0.2, -0.15) is 13.2 Å². The molecule has 0 aromatic rings. The number of amides is 1. The average molecular weight is 253 g/mol. The lowest BCUT2D eigenvalue weighted by atomic mass is 9.81. The van der Waals surface area contributed by atoms with Gasteiger partial charge in [-0.3, -0.25) is 4.79 Å². The second-order valence-electron chi connectivity index (χ2n) is 4.99. The standard InChI is InChI=1S/C10H14F3NO3/c1-9(2)4-3-6(7(15)16)14(5-9)8(17)10(11,12)13/h6H,3-5H2,1-2H3,(H,15,16). The molecule has 17 heavy (non-hydrogen) atoms. The second-order valence-corrected chi connectivity index (χ2v) is 4.99. The molecule has 1 rings (SSSR count). The fraction of sp³-hybridized carbons (Fsp3) is 0.800. The van der Waals surface area contributed by atoms with Crippen LogP contribution in [0, 0.1) is 5.41 Å². The highest BCUT2D eigenvalue weighted by molar-refractivity contribution is 5.87. The predicted octanol–water partition coefficient (Wildman–Crippen LogP) is 1.65. The number of likely N-dealkylation sites (tertiary alicyclic amines) is 1. The summed E-state index contributed by atoms with van der Waals surface area (Å²) in [6.45, 7) is 3.23. The van der Waals surface area contributed by atoms with Gasteiger partial charge in [-0.05, 0) is 18.3 Å². The number of carboxylic acid groups (broad SMARTS) is 1. The third-order valence-electron chi connectivity index (χ3n) is 2.86. The van der Waals surface area contributed by atoms with Crippen LogP contribution in [-0.4, -0.2) is 40.6 Å². The molecule has 1 saturated heterocycles. The molecule has 1 fully saturated rings. The summed E-state index contributed by atoms with van der Waals surface area (Å²) >= 11 is 0. The monoisotopic (exact) mass is 253 g/mol. The Balaban J connectivity index is 2.97. The molecule has 1 heterocycles. The fourth-order valence-electron chi connectivity index (χ4n) is 1.97. The van der Waals surface area contributed by atoms with Crippen molar-refractivity contribution >= 4 is 11.9 Å². The SMILES string of the molecule is CC1(C)CCC(C(=O)O)N(C(=O)C(F)(F)F)C1. The summed E-state index contributed by atoms with van der Waals surface area (Å²) in [4.78, 5) is 22.4. The average Bonchev–Trinajstić information content (AvgIpc) is 2.13. The largest absolute Gasteiger partial charge is 0.480 e. The van der Waals surface area contributed by atoms with Crippen LogP contribution in [0.1, 0.15) is 26.7 Å². The van der Waals surface area contributed by atoms with Crippen LogP contribution in [-0.2, 0) is 9.59 Å². The van der Waals surface area contributed by atoms with Gasteiger partial charge in [-0.1, -0.05) is 13.8 Å². The van der Waals surface area contributed by atoms with Gasteiger partial charge in [0.05, 0.1) is 0 Å². The highest BCUT2D eigenvalue weighted by Crippen LogP contribution is 2.34. The van der Waals surface area contributed by atoms with Gasteiger partial charge in [0.2, 0.25) is 0 Å². The van der Waals surface area contributed by atoms with Crippen molar-refractivity contribution in [2.24, 2.45) is 5.41 Å². The Bertz CT molecular complexity index is 338. The molecule has 0 radical (unpaired) electrons. The van der Waals surface area contributed by atoms with Crippen molar-refractivity contribution in [1.29, 1.82) is 0 Å². The fourth-order valence-corrected chi connectivity index (χ4v) is 1.97. The van der Waals surface area contributed by atoms with E-state index in [-0.39, 0.29) is 13.0 Å². The van der Waals surface area contributed by atoms with Crippen LogP contribution >= 0.6 is 0 Å². The van der Waals surface area contributed by atoms with Gasteiger partial charge in [-0.25, -0.2) is 4.79 Å². The molecule has 0 bridgehead atoms. The number of alkyl halides is 3. The van der Waals surface area contributed by atoms with Gasteiger partial charge in [-0.15, -0.1) is 0 Å². The quantitative estimate of drug-likeness (QED) is 0.773. The lowest BCUT2D eigenvalue weighted by Gasteiger charge is -2.41. The molecule has 4 nitrogen and oxygen atoms in total. The van der Waals surface area contributed by atoms with Gasteiger partial charge in [0, 0.05) is 6.54 Å². The highest BCUT2D eigenvalue weighted by Gasteiger charge is 2.49. The molecule has 0 spiro atoms. The van der Waals surface area contributed by atoms with Crippen LogP contribution in [0.4, 0.5) is 13.2 Å². The lowest BCUT2D eigenvalue weighted by molar-refractivity contribution is -0.193. The van der Waals surface area contributed by atoms with Crippen LogP contribution in [0.5, 0.6) is 0 Å². The van der Waals surface area contributed by atoms with Gasteiger partial charge < -0.3 is 10.0 Å². The van der Waals surface area contributed by atoms with E-state index in [0.717, 1.165) is 0 Å². The number of aliphatic carboxylic acids is 1. The van der Waals surface area contributed by atoms with E-state index in [2.05, 4.69) is 0 Å². The Morgan fingerprint density at radius 2 is 1.88 bits per heavy atom. The molecule has 0 aliphatic carbocycles. The molecule has 1 unspecified atom stereocenters. The zero-order valence-electron chi connectivity index (χ0n) is 9.54. The number of carbonyl (C=O) groups is 2. The summed E-state index contributed by atoms with van der Waals surface area (Å²) in [6.07, 6.45) is -4.50. The first-order chi connectivity index (χ1) is 7.54. The molecule has 0 aromatic heterocycles. The zero-order valence-corrected chi connectivity index (χ0v) is 9.54. The van der Waals surface area contributed by atoms with E-state index >= 15 is 0 Å². The molecular formula is C10H14F3NO3. The molecule has 0 saturated carbocycles. The molecule has 1 atom stereocenters. The van der Waals surface area contributed by atoms with E-state index in [1.165, 1.54) is 0 Å². The maximum atomic E-state index is 12.3. The minimum atomic E-state index is -5.03. The second kappa shape index (κ2) is 4.19. The number of rotatable bonds is 1. The van der Waals surface area contributed by atoms with E-state index in [0.29, 0.717) is 11.3 Å². The molecular weight excluding hydrogens is 239 g/mol. The number of carboxylic acids is 1. The van der Waals surface area contributed by atoms with Crippen molar-refractivity contribution in [2.45, 2.75) is 38.9 Å². The van der Waals surface area contributed by atoms with E-state index in [1.54, 1.807) is 13.8 Å². The molecule has 1 aliphatic heterocycles. The Labute approximate surface area is 96.4 Å². The summed E-state index contributed by atoms with van der Waals surface area (Å²) < 4.78 is 37.0. The minimum absolute atomic E-state index is 0.0458. The van der Waals surface area contributed by atoms with Crippen molar-refractivity contribution in [3.8, 4) is 0 Å². The maximum Gasteiger partial charge on any atom is 0.471 e. The zero-order chi connectivity index (χ0) is 13.4. The Kier molecular flexibility index (Phi) is 3.40. The first-order valence-electron chi connectivity index (χ1n) is 5.15. The van der Waals surface area contributed by atoms with E-state index in [9.17, 15) is 22.8 Å². The van der Waals surface area contributed by atoms with Gasteiger partial charge >= 0.3 is 18.1 Å². The lowest BCUT2D eigenvalue weighted by Crippen LogP contribution is -2.56. The van der Waals surface area contributed by atoms with Gasteiger partial charge in [0.15, 0.2) is 0 Å². The first-order valence-corrected chi connectivity index (χ1v) is 5.15. The van der Waals surface area contributed by atoms with Crippen molar-refractivity contribution in [3.63, 3.8) is 0 Å². The van der Waals surface area contributed by atoms with Crippen LogP contribution in [0.15, 0.2) is 0 Å². The Morgan fingerprint density at radius 1 is 1.35 bits per heavy atom. The minimum Gasteiger partial charge on any atom is -0.480 e. The first kappa shape index (κ1) is 13.8. The van der Waals surface area contributed by atoms with E-state index < -0.39 is 29.5 Å². The van der Waals surface area contributed by atoms with Gasteiger partial charge in [0.25, 0.3) is 0 Å². The number of nitrogens with zero attached hydrogens (tertiary/aromatic N) is 1. The van der Waals surface area contributed by atoms with Crippen LogP contribution in [0.25, 0.3) is 0 Å². The summed E-state index contributed by atoms with van der Waals surface area (Å²) in [5.74, 6) is -3.46. The summed E-state index contributed by atoms with van der Waals surface area (Å²) in [6, 6.07) is -1.38. The van der Waals surface area contributed by atoms with Crippen LogP contribution in [0.3, 0.4) is 0 Å². The topological polar surface area (TPSA) is 57.6 Å². The number of hydrogen-bond acceptors (Lipinski definition) is 2. The smallest absolute Gasteiger partial charge is 0.471 e. The molecule has 0 aromatic carbocycles. The van der Waals surface area contributed by atoms with Crippen molar-refractivity contribution in [2.75, 3.05) is 6.54 Å². The van der Waals surface area contributed by atoms with Gasteiger partial charge in [0.1, 0.15) is 6.04 Å². The molecule has 1 amide bonds. The van der Waals surface area contributed by atoms with Crippen LogP contribution < -0.4 is 0 Å². The molecule has 1 N–H and O–H groups in total. The number of piperidine rings is 1. The van der Waals surface area contributed by atoms with E-state index in [1.807, 2.05) is 0 Å². The maximum absolute atomic E-state index is 12.3. The molecule has 98 valence electrons. The third-order valence-corrected chi connectivity index (χ3v) is 2.86.